The Bertz CT molecular complexity index is 93.9. The fourth-order valence-corrected chi connectivity index (χ4v) is 0. The average molecular weight is 150 g/mol. The minimum atomic E-state index is -1.18. The van der Waals surface area contributed by atoms with Crippen molar-refractivity contribution in [3.05, 3.63) is 0 Å². The first-order chi connectivity index (χ1) is 4.29. The van der Waals surface area contributed by atoms with Crippen molar-refractivity contribution < 1.29 is 9.90 Å². The third-order valence-corrected chi connectivity index (χ3v) is 0.354. The smallest absolute Gasteiger partial charge is 0.300 e. The summed E-state index contributed by atoms with van der Waals surface area (Å²) in [6, 6.07) is 0. The third kappa shape index (κ3) is 54.5. The molecule has 0 fully saturated rings. The van der Waals surface area contributed by atoms with E-state index >= 15 is 0 Å². The molecule has 10 heavy (non-hydrogen) atoms. The Morgan fingerprint density at radius 2 is 1.60 bits per heavy atom. The highest BCUT2D eigenvalue weighted by molar-refractivity contribution is 5.62. The molecule has 0 heterocycles. The maximum absolute atomic E-state index is 9.00. The van der Waals surface area contributed by atoms with E-state index in [-0.39, 0.29) is 6.54 Å². The fourth-order valence-electron chi connectivity index (χ4n) is 0. The van der Waals surface area contributed by atoms with E-state index in [1.54, 1.807) is 0 Å². The van der Waals surface area contributed by atoms with E-state index in [9.17, 15) is 0 Å². The van der Waals surface area contributed by atoms with Crippen molar-refractivity contribution in [1.29, 1.82) is 0 Å². The highest BCUT2D eigenvalue weighted by atomic mass is 16.4. The van der Waals surface area contributed by atoms with Gasteiger partial charge in [-0.25, -0.2) is 0 Å². The topological polar surface area (TPSA) is 141 Å². The summed E-state index contributed by atoms with van der Waals surface area (Å²) in [5.74, 6) is -2.01. The molecule has 0 bridgehead atoms. The maximum Gasteiger partial charge on any atom is 0.300 e. The molecule has 6 nitrogen and oxygen atoms in total. The third-order valence-electron chi connectivity index (χ3n) is 0.354. The molecule has 0 rings (SSSR count). The number of carboxylic acid groups (broad SMARTS) is 1. The molecule has 0 atom stereocenters. The Morgan fingerprint density at radius 3 is 1.60 bits per heavy atom. The summed E-state index contributed by atoms with van der Waals surface area (Å²) >= 11 is 0. The van der Waals surface area contributed by atoms with Gasteiger partial charge >= 0.3 is 0 Å². The second kappa shape index (κ2) is 5.12. The normalized spacial score (nSPS) is 9.70. The molecule has 0 aromatic carbocycles. The van der Waals surface area contributed by atoms with Crippen molar-refractivity contribution in [3.8, 4) is 0 Å². The summed E-state index contributed by atoms with van der Waals surface area (Å²) in [5.41, 5.74) is 19.8. The highest BCUT2D eigenvalue weighted by Gasteiger charge is 2.04. The molecule has 6 heteroatoms. The lowest BCUT2D eigenvalue weighted by Gasteiger charge is -2.13. The SMILES string of the molecule is CC(=O)O.NCC(N)(N)N. The Balaban J connectivity index is 0. The van der Waals surface area contributed by atoms with Gasteiger partial charge in [0.1, 0.15) is 5.79 Å². The van der Waals surface area contributed by atoms with Crippen LogP contribution in [0.3, 0.4) is 0 Å². The molecule has 0 aromatic rings. The lowest BCUT2D eigenvalue weighted by Crippen LogP contribution is -2.63. The van der Waals surface area contributed by atoms with Crippen molar-refractivity contribution in [2.75, 3.05) is 6.54 Å². The van der Waals surface area contributed by atoms with Crippen LogP contribution in [0.2, 0.25) is 0 Å². The van der Waals surface area contributed by atoms with Gasteiger partial charge in [-0.15, -0.1) is 0 Å². The van der Waals surface area contributed by atoms with Gasteiger partial charge in [-0.3, -0.25) is 4.79 Å². The lowest BCUT2D eigenvalue weighted by molar-refractivity contribution is -0.134. The minimum Gasteiger partial charge on any atom is -0.481 e. The Kier molecular flexibility index (Phi) is 6.16. The largest absolute Gasteiger partial charge is 0.481 e. The molecule has 9 N–H and O–H groups in total. The van der Waals surface area contributed by atoms with Crippen LogP contribution in [-0.2, 0) is 4.79 Å². The van der Waals surface area contributed by atoms with Crippen molar-refractivity contribution in [3.63, 3.8) is 0 Å². The number of carboxylic acids is 1. The van der Waals surface area contributed by atoms with Gasteiger partial charge in [0.2, 0.25) is 0 Å². The summed E-state index contributed by atoms with van der Waals surface area (Å²) in [6.07, 6.45) is 0. The first-order valence-corrected chi connectivity index (χ1v) is 2.56. The van der Waals surface area contributed by atoms with Gasteiger partial charge in [-0.2, -0.15) is 0 Å². The van der Waals surface area contributed by atoms with Gasteiger partial charge in [0.15, 0.2) is 0 Å². The summed E-state index contributed by atoms with van der Waals surface area (Å²) in [5, 5.41) is 7.42. The monoisotopic (exact) mass is 150 g/mol. The van der Waals surface area contributed by atoms with Crippen LogP contribution in [0.1, 0.15) is 6.92 Å². The molecular weight excluding hydrogens is 136 g/mol. The van der Waals surface area contributed by atoms with E-state index in [4.69, 9.17) is 32.8 Å². The highest BCUT2D eigenvalue weighted by Crippen LogP contribution is 1.62. The van der Waals surface area contributed by atoms with Crippen LogP contribution in [0.25, 0.3) is 0 Å². The van der Waals surface area contributed by atoms with Gasteiger partial charge in [-0.05, 0) is 0 Å². The molecule has 0 unspecified atom stereocenters. The molecule has 0 radical (unpaired) electrons. The van der Waals surface area contributed by atoms with E-state index in [1.165, 1.54) is 0 Å². The number of hydrogen-bond donors (Lipinski definition) is 5. The van der Waals surface area contributed by atoms with E-state index in [2.05, 4.69) is 0 Å². The van der Waals surface area contributed by atoms with Crippen LogP contribution < -0.4 is 22.9 Å². The molecule has 0 aliphatic heterocycles. The number of hydrogen-bond acceptors (Lipinski definition) is 5. The van der Waals surface area contributed by atoms with Crippen LogP contribution in [-0.4, -0.2) is 23.4 Å². The first-order valence-electron chi connectivity index (χ1n) is 2.56. The first kappa shape index (κ1) is 12.0. The van der Waals surface area contributed by atoms with Crippen LogP contribution in [0.15, 0.2) is 0 Å². The Hall–Kier alpha value is -0.690. The average Bonchev–Trinajstić information content (AvgIpc) is 1.63. The van der Waals surface area contributed by atoms with Gasteiger partial charge in [-0.1, -0.05) is 0 Å². The van der Waals surface area contributed by atoms with E-state index in [1.807, 2.05) is 0 Å². The second-order valence-corrected chi connectivity index (χ2v) is 1.84. The molecule has 0 saturated carbocycles. The zero-order chi connectivity index (χ0) is 8.78. The predicted molar refractivity (Wildman–Crippen MR) is 37.7 cm³/mol. The van der Waals surface area contributed by atoms with Crippen LogP contribution in [0.4, 0.5) is 0 Å². The molecule has 0 spiro atoms. The van der Waals surface area contributed by atoms with Crippen LogP contribution >= 0.6 is 0 Å². The van der Waals surface area contributed by atoms with Crippen molar-refractivity contribution in [2.45, 2.75) is 12.7 Å². The van der Waals surface area contributed by atoms with Gasteiger partial charge in [0.25, 0.3) is 5.97 Å². The summed E-state index contributed by atoms with van der Waals surface area (Å²) in [4.78, 5) is 9.00. The molecule has 0 amide bonds. The standard InChI is InChI=1S/C2H10N4.C2H4O2/c3-1-2(4,5)6;1-2(3)4/h1,3-6H2;1H3,(H,3,4). The molecule has 0 aliphatic carbocycles. The van der Waals surface area contributed by atoms with Gasteiger partial charge in [0, 0.05) is 13.5 Å². The second-order valence-electron chi connectivity index (χ2n) is 1.84. The van der Waals surface area contributed by atoms with Gasteiger partial charge < -0.3 is 28.0 Å². The minimum absolute atomic E-state index is 0.104. The summed E-state index contributed by atoms with van der Waals surface area (Å²) in [7, 11) is 0. The predicted octanol–water partition coefficient (Wildman–Crippen LogP) is -2.43. The molecule has 62 valence electrons. The molecule has 0 aliphatic rings. The zero-order valence-corrected chi connectivity index (χ0v) is 5.87. The Morgan fingerprint density at radius 1 is 1.50 bits per heavy atom. The number of carbonyl (C=O) groups is 1. The molecule has 0 aromatic heterocycles. The number of aliphatic carboxylic acids is 1. The fraction of sp³-hybridized carbons (Fsp3) is 0.750. The number of rotatable bonds is 1. The van der Waals surface area contributed by atoms with Crippen LogP contribution in [0, 0.1) is 0 Å². The van der Waals surface area contributed by atoms with Crippen molar-refractivity contribution in [2.24, 2.45) is 22.9 Å². The summed E-state index contributed by atoms with van der Waals surface area (Å²) < 4.78 is 0. The molecule has 0 saturated heterocycles. The van der Waals surface area contributed by atoms with E-state index in [0.717, 1.165) is 6.92 Å². The quantitative estimate of drug-likeness (QED) is 0.263. The van der Waals surface area contributed by atoms with Gasteiger partial charge in [0.05, 0.1) is 0 Å². The van der Waals surface area contributed by atoms with E-state index in [0.29, 0.717) is 0 Å². The number of nitrogens with two attached hydrogens (primary N) is 4. The van der Waals surface area contributed by atoms with Crippen LogP contribution in [0.5, 0.6) is 0 Å². The van der Waals surface area contributed by atoms with Crippen molar-refractivity contribution in [1.82, 2.24) is 0 Å². The summed E-state index contributed by atoms with van der Waals surface area (Å²) in [6.45, 7) is 1.19. The maximum atomic E-state index is 9.00. The van der Waals surface area contributed by atoms with Crippen molar-refractivity contribution >= 4 is 5.97 Å². The van der Waals surface area contributed by atoms with E-state index < -0.39 is 11.8 Å². The zero-order valence-electron chi connectivity index (χ0n) is 5.87. The lowest BCUT2D eigenvalue weighted by atomic mass is 10.4. The Labute approximate surface area is 59.2 Å². The molecular formula is C4H14N4O2.